The third-order valence-electron chi connectivity index (χ3n) is 13.9. The summed E-state index contributed by atoms with van der Waals surface area (Å²) in [5, 5.41) is 19.3. The number of hydrogen-bond acceptors (Lipinski definition) is 18. The molecule has 0 aromatic carbocycles. The van der Waals surface area contributed by atoms with Crippen molar-refractivity contribution in [2.24, 2.45) is 28.8 Å². The van der Waals surface area contributed by atoms with Crippen molar-refractivity contribution < 1.29 is 62.3 Å². The van der Waals surface area contributed by atoms with Gasteiger partial charge in [-0.25, -0.2) is 4.79 Å². The molecule has 6 heterocycles. The molecule has 3 aliphatic rings. The molecule has 6 rings (SSSR count). The summed E-state index contributed by atoms with van der Waals surface area (Å²) in [4.78, 5) is 75.1. The minimum atomic E-state index is -1.52. The Labute approximate surface area is 422 Å². The number of carbonyl (C=O) groups is 4. The number of aromatic nitrogens is 3. The summed E-state index contributed by atoms with van der Waals surface area (Å²) < 4.78 is 44.2. The van der Waals surface area contributed by atoms with E-state index < -0.39 is 89.8 Å². The minimum Gasteiger partial charge on any atom is -0.461 e. The van der Waals surface area contributed by atoms with Crippen molar-refractivity contribution in [2.45, 2.75) is 148 Å². The number of oxime groups is 1. The number of esters is 2. The average Bonchev–Trinajstić information content (AvgIpc) is 3.66. The SMILES string of the molecule is CC[C@H]1OC(=O)[C@H](C)[C@@H](OC(=O)Cc2ccccn2)[C@H](C)[C@@H](O[C@@H]2O[C@H](C)C[C@H](N(C)C)[C@H]2O)[C@](C)(OC)C[C@@H](C)/C(=N\OCC#Cc2cncc(NC(=O)Cc3ccccn3)c2)[C@H](C)[C@H]2OC(=O)O[C@@]21C. The standard InChI is InChI=1S/C53H70N6O13/c1-12-41-53(8)48(71-51(64)72-53)33(4)44(58-66-23-17-18-36-25-39(30-54-29-36)57-42(60)26-37-19-13-15-21-55-37)31(2)28-52(7,65-11)47(70-50-45(62)40(59(9)10)24-32(3)67-50)34(5)46(35(6)49(63)68-41)69-43(61)27-38-20-14-16-22-56-38/h13-16,19-22,25,29-35,40-41,45-48,50,62H,12,23-24,26-28H2,1-11H3,(H,57,60)/b58-44+/t31-,32-,33+,34+,35-,40+,41-,45-,46+,47-,48-,50+,52-,53-/m1/s1. The van der Waals surface area contributed by atoms with Gasteiger partial charge in [0, 0.05) is 60.8 Å². The predicted molar refractivity (Wildman–Crippen MR) is 263 cm³/mol. The first-order valence-corrected chi connectivity index (χ1v) is 24.5. The van der Waals surface area contributed by atoms with Gasteiger partial charge < -0.3 is 53.3 Å². The lowest BCUT2D eigenvalue weighted by Gasteiger charge is -2.48. The van der Waals surface area contributed by atoms with Crippen LogP contribution >= 0.6 is 0 Å². The van der Waals surface area contributed by atoms with Crippen LogP contribution in [0.25, 0.3) is 0 Å². The van der Waals surface area contributed by atoms with Crippen LogP contribution in [-0.4, -0.2) is 143 Å². The molecular weight excluding hydrogens is 929 g/mol. The zero-order valence-electron chi connectivity index (χ0n) is 43.1. The number of cyclic esters (lactones) is 1. The molecule has 3 aromatic heterocycles. The van der Waals surface area contributed by atoms with Gasteiger partial charge in [0.25, 0.3) is 0 Å². The number of nitrogens with zero attached hydrogens (tertiary/aromatic N) is 5. The highest BCUT2D eigenvalue weighted by Gasteiger charge is 2.59. The van der Waals surface area contributed by atoms with Crippen molar-refractivity contribution in [1.29, 1.82) is 0 Å². The summed E-state index contributed by atoms with van der Waals surface area (Å²) in [7, 11) is 5.27. The summed E-state index contributed by atoms with van der Waals surface area (Å²) in [6.45, 7) is 14.2. The summed E-state index contributed by atoms with van der Waals surface area (Å²) >= 11 is 0. The van der Waals surface area contributed by atoms with E-state index in [1.54, 1.807) is 82.7 Å². The smallest absolute Gasteiger partial charge is 0.461 e. The zero-order chi connectivity index (χ0) is 52.3. The number of hydrogen-bond donors (Lipinski definition) is 2. The fourth-order valence-corrected chi connectivity index (χ4v) is 10.2. The maximum atomic E-state index is 14.6. The summed E-state index contributed by atoms with van der Waals surface area (Å²) in [5.74, 6) is 1.12. The number of nitrogens with one attached hydrogen (secondary N) is 1. The lowest BCUT2D eigenvalue weighted by molar-refractivity contribution is -0.301. The van der Waals surface area contributed by atoms with E-state index in [4.69, 9.17) is 38.0 Å². The molecule has 3 saturated heterocycles. The Morgan fingerprint density at radius 2 is 1.67 bits per heavy atom. The molecule has 1 amide bonds. The topological polar surface area (TPSA) is 229 Å². The van der Waals surface area contributed by atoms with Gasteiger partial charge in [0.2, 0.25) is 5.91 Å². The molecular formula is C53H70N6O13. The number of amides is 1. The Balaban J connectivity index is 1.37. The number of methoxy groups -OCH3 is 1. The van der Waals surface area contributed by atoms with Crippen LogP contribution in [0.4, 0.5) is 10.5 Å². The molecule has 0 aliphatic carbocycles. The summed E-state index contributed by atoms with van der Waals surface area (Å²) in [5.41, 5.74) is -0.338. The molecule has 14 atom stereocenters. The Morgan fingerprint density at radius 3 is 2.31 bits per heavy atom. The maximum absolute atomic E-state index is 14.6. The Kier molecular flexibility index (Phi) is 18.9. The van der Waals surface area contributed by atoms with Crippen molar-refractivity contribution >= 4 is 35.4 Å². The first-order valence-electron chi connectivity index (χ1n) is 24.5. The van der Waals surface area contributed by atoms with Crippen LogP contribution in [0, 0.1) is 35.5 Å². The van der Waals surface area contributed by atoms with Gasteiger partial charge in [-0.2, -0.15) is 0 Å². The van der Waals surface area contributed by atoms with Gasteiger partial charge >= 0.3 is 18.1 Å². The number of likely N-dealkylation sites (N-methyl/N-ethyl adjacent to an activating group) is 1. The van der Waals surface area contributed by atoms with Gasteiger partial charge in [-0.1, -0.05) is 56.8 Å². The van der Waals surface area contributed by atoms with E-state index in [0.29, 0.717) is 34.8 Å². The third kappa shape index (κ3) is 13.5. The molecule has 0 saturated carbocycles. The quantitative estimate of drug-likeness (QED) is 0.0687. The van der Waals surface area contributed by atoms with Crippen LogP contribution in [0.5, 0.6) is 0 Å². The van der Waals surface area contributed by atoms with Crippen molar-refractivity contribution in [3.8, 4) is 11.8 Å². The van der Waals surface area contributed by atoms with Crippen LogP contribution in [0.1, 0.15) is 91.6 Å². The molecule has 0 spiro atoms. The number of pyridine rings is 3. The monoisotopic (exact) mass is 999 g/mol. The molecule has 390 valence electrons. The maximum Gasteiger partial charge on any atom is 0.509 e. The van der Waals surface area contributed by atoms with Gasteiger partial charge in [0.05, 0.1) is 59.9 Å². The highest BCUT2D eigenvalue weighted by molar-refractivity contribution is 5.92. The van der Waals surface area contributed by atoms with Crippen LogP contribution < -0.4 is 5.32 Å². The second-order valence-corrected chi connectivity index (χ2v) is 19.6. The second-order valence-electron chi connectivity index (χ2n) is 19.6. The Hall–Kier alpha value is -6.04. The lowest BCUT2D eigenvalue weighted by Crippen LogP contribution is -2.60. The lowest BCUT2D eigenvalue weighted by atomic mass is 9.73. The highest BCUT2D eigenvalue weighted by atomic mass is 16.8. The molecule has 72 heavy (non-hydrogen) atoms. The first-order chi connectivity index (χ1) is 34.3. The third-order valence-corrected chi connectivity index (χ3v) is 13.9. The molecule has 19 nitrogen and oxygen atoms in total. The summed E-state index contributed by atoms with van der Waals surface area (Å²) in [6.07, 6.45) is -0.788. The van der Waals surface area contributed by atoms with Gasteiger partial charge in [-0.05, 0) is 91.4 Å². The van der Waals surface area contributed by atoms with Crippen LogP contribution in [0.3, 0.4) is 0 Å². The van der Waals surface area contributed by atoms with Crippen molar-refractivity contribution in [2.75, 3.05) is 33.1 Å². The van der Waals surface area contributed by atoms with Crippen LogP contribution in [-0.2, 0) is 65.2 Å². The molecule has 2 N–H and O–H groups in total. The number of aliphatic hydroxyl groups excluding tert-OH is 1. The van der Waals surface area contributed by atoms with E-state index in [1.807, 2.05) is 52.8 Å². The molecule has 3 fully saturated rings. The van der Waals surface area contributed by atoms with Crippen molar-refractivity contribution in [3.63, 3.8) is 0 Å². The number of ether oxygens (including phenoxy) is 7. The number of rotatable bonds is 13. The number of carbonyl (C=O) groups excluding carboxylic acids is 4. The largest absolute Gasteiger partial charge is 0.509 e. The fourth-order valence-electron chi connectivity index (χ4n) is 10.2. The zero-order valence-corrected chi connectivity index (χ0v) is 43.1. The van der Waals surface area contributed by atoms with Crippen LogP contribution in [0.2, 0.25) is 0 Å². The van der Waals surface area contributed by atoms with Crippen molar-refractivity contribution in [3.05, 3.63) is 84.2 Å². The van der Waals surface area contributed by atoms with Gasteiger partial charge in [0.15, 0.2) is 24.6 Å². The van der Waals surface area contributed by atoms with E-state index in [-0.39, 0.29) is 50.3 Å². The van der Waals surface area contributed by atoms with Gasteiger partial charge in [0.1, 0.15) is 18.3 Å². The van der Waals surface area contributed by atoms with E-state index >= 15 is 0 Å². The number of fused-ring (bicyclic) bond motifs is 1. The fraction of sp³-hybridized carbons (Fsp3) is 0.585. The average molecular weight is 999 g/mol. The van der Waals surface area contributed by atoms with Gasteiger partial charge in [-0.15, -0.1) is 0 Å². The van der Waals surface area contributed by atoms with E-state index in [9.17, 15) is 24.3 Å². The molecule has 3 aromatic rings. The van der Waals surface area contributed by atoms with Gasteiger partial charge in [-0.3, -0.25) is 29.3 Å². The first kappa shape index (κ1) is 55.3. The highest BCUT2D eigenvalue weighted by Crippen LogP contribution is 2.43. The normalized spacial score (nSPS) is 32.7. The van der Waals surface area contributed by atoms with E-state index in [0.717, 1.165) is 0 Å². The Bertz CT molecular complexity index is 2420. The number of aliphatic hydroxyl groups is 1. The van der Waals surface area contributed by atoms with Crippen molar-refractivity contribution in [1.82, 2.24) is 19.9 Å². The van der Waals surface area contributed by atoms with E-state index in [1.165, 1.54) is 13.3 Å². The number of anilines is 1. The Morgan fingerprint density at radius 1 is 0.972 bits per heavy atom. The predicted octanol–water partition coefficient (Wildman–Crippen LogP) is 5.71. The molecule has 0 unspecified atom stereocenters. The minimum absolute atomic E-state index is 0.0879. The van der Waals surface area contributed by atoms with Crippen LogP contribution in [0.15, 0.2) is 72.4 Å². The second kappa shape index (κ2) is 24.6. The molecule has 19 heteroatoms. The van der Waals surface area contributed by atoms with E-state index in [2.05, 4.69) is 37.3 Å². The molecule has 0 bridgehead atoms. The molecule has 0 radical (unpaired) electrons. The summed E-state index contributed by atoms with van der Waals surface area (Å²) in [6, 6.07) is 11.9. The molecule has 3 aliphatic heterocycles.